The summed E-state index contributed by atoms with van der Waals surface area (Å²) >= 11 is 0. The molecular formula is C16H17N3O. The monoisotopic (exact) mass is 267 g/mol. The lowest BCUT2D eigenvalue weighted by molar-refractivity contribution is 0.579. The minimum absolute atomic E-state index is 0.303. The second-order valence-corrected chi connectivity index (χ2v) is 5.23. The van der Waals surface area contributed by atoms with Gasteiger partial charge >= 0.3 is 0 Å². The molecule has 0 atom stereocenters. The van der Waals surface area contributed by atoms with E-state index in [9.17, 15) is 0 Å². The number of para-hydroxylation sites is 1. The number of hydrogen-bond acceptors (Lipinski definition) is 4. The zero-order valence-electron chi connectivity index (χ0n) is 11.8. The number of furan rings is 1. The third kappa shape index (κ3) is 2.03. The minimum Gasteiger partial charge on any atom is -0.461 e. The second-order valence-electron chi connectivity index (χ2n) is 5.23. The molecule has 0 bridgehead atoms. The van der Waals surface area contributed by atoms with E-state index in [1.807, 2.05) is 37.3 Å². The predicted molar refractivity (Wildman–Crippen MR) is 80.5 cm³/mol. The van der Waals surface area contributed by atoms with Crippen molar-refractivity contribution in [3.63, 3.8) is 0 Å². The SMILES string of the molecule is Cc1oc2ccccc2c1-c1nc(N)cc(C(C)C)n1. The van der Waals surface area contributed by atoms with Crippen LogP contribution in [0.2, 0.25) is 0 Å². The van der Waals surface area contributed by atoms with Gasteiger partial charge in [0.25, 0.3) is 0 Å². The average molecular weight is 267 g/mol. The van der Waals surface area contributed by atoms with Gasteiger partial charge in [0.2, 0.25) is 0 Å². The number of aryl methyl sites for hydroxylation is 1. The molecule has 1 aromatic carbocycles. The fraction of sp³-hybridized carbons (Fsp3) is 0.250. The standard InChI is InChI=1S/C16H17N3O/c1-9(2)12-8-14(17)19-16(18-12)15-10(3)20-13-7-5-4-6-11(13)15/h4-9H,1-3H3,(H2,17,18,19). The summed E-state index contributed by atoms with van der Waals surface area (Å²) in [7, 11) is 0. The highest BCUT2D eigenvalue weighted by molar-refractivity contribution is 5.93. The maximum absolute atomic E-state index is 5.92. The van der Waals surface area contributed by atoms with Gasteiger partial charge in [0.1, 0.15) is 17.2 Å². The Hall–Kier alpha value is -2.36. The van der Waals surface area contributed by atoms with E-state index in [4.69, 9.17) is 10.2 Å². The van der Waals surface area contributed by atoms with Crippen LogP contribution in [0, 0.1) is 6.92 Å². The zero-order valence-corrected chi connectivity index (χ0v) is 11.8. The Morgan fingerprint density at radius 2 is 1.90 bits per heavy atom. The number of fused-ring (bicyclic) bond motifs is 1. The number of aromatic nitrogens is 2. The maximum Gasteiger partial charge on any atom is 0.165 e. The number of nitrogen functional groups attached to an aromatic ring is 1. The van der Waals surface area contributed by atoms with Gasteiger partial charge in [-0.25, -0.2) is 9.97 Å². The van der Waals surface area contributed by atoms with Gasteiger partial charge in [0, 0.05) is 17.1 Å². The van der Waals surface area contributed by atoms with Crippen molar-refractivity contribution >= 4 is 16.8 Å². The lowest BCUT2D eigenvalue weighted by atomic mass is 10.1. The Labute approximate surface area is 117 Å². The molecule has 3 aromatic rings. The van der Waals surface area contributed by atoms with Crippen LogP contribution in [-0.4, -0.2) is 9.97 Å². The molecule has 2 aromatic heterocycles. The van der Waals surface area contributed by atoms with Gasteiger partial charge in [-0.2, -0.15) is 0 Å². The van der Waals surface area contributed by atoms with E-state index >= 15 is 0 Å². The number of anilines is 1. The molecule has 0 fully saturated rings. The summed E-state index contributed by atoms with van der Waals surface area (Å²) < 4.78 is 5.77. The van der Waals surface area contributed by atoms with Crippen molar-refractivity contribution in [2.75, 3.05) is 5.73 Å². The van der Waals surface area contributed by atoms with E-state index in [2.05, 4.69) is 23.8 Å². The van der Waals surface area contributed by atoms with Crippen LogP contribution in [0.5, 0.6) is 0 Å². The molecule has 0 unspecified atom stereocenters. The Balaban J connectivity index is 2.28. The molecule has 0 aliphatic heterocycles. The Morgan fingerprint density at radius 3 is 2.65 bits per heavy atom. The number of rotatable bonds is 2. The summed E-state index contributed by atoms with van der Waals surface area (Å²) in [5.41, 5.74) is 8.63. The topological polar surface area (TPSA) is 64.9 Å². The highest BCUT2D eigenvalue weighted by Gasteiger charge is 2.16. The fourth-order valence-electron chi connectivity index (χ4n) is 2.34. The molecule has 4 nitrogen and oxygen atoms in total. The van der Waals surface area contributed by atoms with Gasteiger partial charge < -0.3 is 10.2 Å². The second kappa shape index (κ2) is 4.63. The fourth-order valence-corrected chi connectivity index (χ4v) is 2.34. The maximum atomic E-state index is 5.92. The molecule has 0 spiro atoms. The molecule has 2 heterocycles. The zero-order chi connectivity index (χ0) is 14.3. The van der Waals surface area contributed by atoms with Crippen molar-refractivity contribution in [2.45, 2.75) is 26.7 Å². The molecule has 0 aliphatic carbocycles. The molecule has 3 rings (SSSR count). The highest BCUT2D eigenvalue weighted by atomic mass is 16.3. The lowest BCUT2D eigenvalue weighted by Crippen LogP contribution is -2.02. The first-order valence-electron chi connectivity index (χ1n) is 6.69. The van der Waals surface area contributed by atoms with Crippen molar-refractivity contribution in [1.29, 1.82) is 0 Å². The van der Waals surface area contributed by atoms with Crippen LogP contribution in [0.1, 0.15) is 31.2 Å². The molecule has 0 radical (unpaired) electrons. The molecule has 0 saturated heterocycles. The van der Waals surface area contributed by atoms with Gasteiger partial charge in [-0.05, 0) is 18.9 Å². The van der Waals surface area contributed by atoms with E-state index in [0.29, 0.717) is 17.6 Å². The van der Waals surface area contributed by atoms with Crippen LogP contribution in [0.25, 0.3) is 22.4 Å². The molecule has 4 heteroatoms. The van der Waals surface area contributed by atoms with Crippen LogP contribution >= 0.6 is 0 Å². The lowest BCUT2D eigenvalue weighted by Gasteiger charge is -2.08. The summed E-state index contributed by atoms with van der Waals surface area (Å²) in [6, 6.07) is 9.72. The molecular weight excluding hydrogens is 250 g/mol. The summed E-state index contributed by atoms with van der Waals surface area (Å²) in [4.78, 5) is 9.01. The first kappa shape index (κ1) is 12.7. The van der Waals surface area contributed by atoms with Crippen LogP contribution in [0.15, 0.2) is 34.7 Å². The van der Waals surface area contributed by atoms with Crippen molar-refractivity contribution < 1.29 is 4.42 Å². The number of nitrogens with two attached hydrogens (primary N) is 1. The van der Waals surface area contributed by atoms with Crippen molar-refractivity contribution in [3.05, 3.63) is 41.8 Å². The number of nitrogens with zero attached hydrogens (tertiary/aromatic N) is 2. The van der Waals surface area contributed by atoms with Gasteiger partial charge in [-0.1, -0.05) is 32.0 Å². The Kier molecular flexibility index (Phi) is 2.93. The van der Waals surface area contributed by atoms with E-state index < -0.39 is 0 Å². The summed E-state index contributed by atoms with van der Waals surface area (Å²) in [5.74, 6) is 2.24. The highest BCUT2D eigenvalue weighted by Crippen LogP contribution is 2.33. The van der Waals surface area contributed by atoms with Crippen LogP contribution in [-0.2, 0) is 0 Å². The molecule has 102 valence electrons. The summed E-state index contributed by atoms with van der Waals surface area (Å²) in [5, 5.41) is 1.02. The average Bonchev–Trinajstić information content (AvgIpc) is 2.73. The minimum atomic E-state index is 0.303. The molecule has 2 N–H and O–H groups in total. The van der Waals surface area contributed by atoms with Crippen molar-refractivity contribution in [3.8, 4) is 11.4 Å². The van der Waals surface area contributed by atoms with Gasteiger partial charge in [0.05, 0.1) is 5.56 Å². The summed E-state index contributed by atoms with van der Waals surface area (Å²) in [6.07, 6.45) is 0. The molecule has 0 aliphatic rings. The molecule has 0 saturated carbocycles. The first-order valence-corrected chi connectivity index (χ1v) is 6.69. The largest absolute Gasteiger partial charge is 0.461 e. The van der Waals surface area contributed by atoms with E-state index in [0.717, 1.165) is 28.0 Å². The predicted octanol–water partition coefficient (Wildman–Crippen LogP) is 3.90. The van der Waals surface area contributed by atoms with Crippen LogP contribution < -0.4 is 5.73 Å². The normalized spacial score (nSPS) is 11.4. The van der Waals surface area contributed by atoms with Crippen LogP contribution in [0.3, 0.4) is 0 Å². The van der Waals surface area contributed by atoms with Crippen molar-refractivity contribution in [1.82, 2.24) is 9.97 Å². The first-order chi connectivity index (χ1) is 9.56. The van der Waals surface area contributed by atoms with E-state index in [1.54, 1.807) is 0 Å². The van der Waals surface area contributed by atoms with Gasteiger partial charge in [0.15, 0.2) is 5.82 Å². The van der Waals surface area contributed by atoms with Crippen molar-refractivity contribution in [2.24, 2.45) is 0 Å². The smallest absolute Gasteiger partial charge is 0.165 e. The van der Waals surface area contributed by atoms with E-state index in [1.165, 1.54) is 0 Å². The Bertz CT molecular complexity index is 774. The third-order valence-corrected chi connectivity index (χ3v) is 3.35. The van der Waals surface area contributed by atoms with Gasteiger partial charge in [-0.15, -0.1) is 0 Å². The Morgan fingerprint density at radius 1 is 1.15 bits per heavy atom. The number of benzene rings is 1. The number of hydrogen-bond donors (Lipinski definition) is 1. The van der Waals surface area contributed by atoms with Crippen LogP contribution in [0.4, 0.5) is 5.82 Å². The quantitative estimate of drug-likeness (QED) is 0.764. The molecule has 20 heavy (non-hydrogen) atoms. The third-order valence-electron chi connectivity index (χ3n) is 3.35. The van der Waals surface area contributed by atoms with Gasteiger partial charge in [-0.3, -0.25) is 0 Å². The molecule has 0 amide bonds. The van der Waals surface area contributed by atoms with E-state index in [-0.39, 0.29) is 0 Å². The summed E-state index contributed by atoms with van der Waals surface area (Å²) in [6.45, 7) is 6.11.